The predicted molar refractivity (Wildman–Crippen MR) is 126 cm³/mol. The van der Waals surface area contributed by atoms with Crippen LogP contribution in [0.2, 0.25) is 0 Å². The summed E-state index contributed by atoms with van der Waals surface area (Å²) in [6.07, 6.45) is 0. The molecule has 29 heavy (non-hydrogen) atoms. The van der Waals surface area contributed by atoms with E-state index in [1.165, 1.54) is 30.9 Å². The van der Waals surface area contributed by atoms with E-state index in [-0.39, 0.29) is 5.97 Å². The maximum Gasteiger partial charge on any atom is 0.338 e. The number of hydrogen-bond acceptors (Lipinski definition) is 3. The van der Waals surface area contributed by atoms with Crippen LogP contribution in [-0.2, 0) is 4.74 Å². The lowest BCUT2D eigenvalue weighted by molar-refractivity contribution is 0.0527. The third-order valence-corrected chi connectivity index (χ3v) is 6.76. The Hall–Kier alpha value is -2.69. The number of carbonyl (C=O) groups excluding carboxylic acids is 1. The van der Waals surface area contributed by atoms with E-state index in [0.29, 0.717) is 12.2 Å². The molecule has 0 aliphatic heterocycles. The van der Waals surface area contributed by atoms with E-state index in [1.807, 2.05) is 25.1 Å². The van der Waals surface area contributed by atoms with Crippen molar-refractivity contribution < 1.29 is 9.53 Å². The lowest BCUT2D eigenvalue weighted by Crippen LogP contribution is -2.06. The van der Waals surface area contributed by atoms with Gasteiger partial charge in [-0.1, -0.05) is 58.4 Å². The normalized spacial score (nSPS) is 11.4. The van der Waals surface area contributed by atoms with Gasteiger partial charge in [0.25, 0.3) is 0 Å². The molecular weight excluding hydrogens is 444 g/mol. The Morgan fingerprint density at radius 2 is 1.79 bits per heavy atom. The van der Waals surface area contributed by atoms with Crippen LogP contribution in [0.1, 0.15) is 17.3 Å². The molecule has 1 heterocycles. The molecule has 1 aromatic heterocycles. The predicted octanol–water partition coefficient (Wildman–Crippen LogP) is 7.81. The Morgan fingerprint density at radius 1 is 0.931 bits per heavy atom. The van der Waals surface area contributed by atoms with Gasteiger partial charge in [0.15, 0.2) is 0 Å². The molecule has 2 nitrogen and oxygen atoms in total. The molecule has 4 aromatic carbocycles. The van der Waals surface area contributed by atoms with E-state index in [1.54, 1.807) is 11.3 Å². The van der Waals surface area contributed by atoms with Gasteiger partial charge in [0, 0.05) is 24.6 Å². The van der Waals surface area contributed by atoms with E-state index in [2.05, 4.69) is 70.5 Å². The molecule has 0 amide bonds. The zero-order valence-corrected chi connectivity index (χ0v) is 18.1. The van der Waals surface area contributed by atoms with Crippen LogP contribution in [-0.4, -0.2) is 12.6 Å². The Morgan fingerprint density at radius 3 is 2.66 bits per heavy atom. The Labute approximate surface area is 180 Å². The maximum absolute atomic E-state index is 12.5. The number of esters is 1. The van der Waals surface area contributed by atoms with Crippen LogP contribution in [0.15, 0.2) is 77.3 Å². The fourth-order valence-electron chi connectivity index (χ4n) is 3.86. The van der Waals surface area contributed by atoms with Crippen LogP contribution in [0.4, 0.5) is 0 Å². The van der Waals surface area contributed by atoms with E-state index in [9.17, 15) is 4.79 Å². The zero-order valence-electron chi connectivity index (χ0n) is 15.7. The third kappa shape index (κ3) is 3.13. The lowest BCUT2D eigenvalue weighted by Gasteiger charge is -2.10. The van der Waals surface area contributed by atoms with Gasteiger partial charge in [0.05, 0.1) is 12.2 Å². The number of rotatable bonds is 3. The lowest BCUT2D eigenvalue weighted by atomic mass is 9.98. The van der Waals surface area contributed by atoms with Crippen molar-refractivity contribution in [3.05, 3.63) is 82.8 Å². The number of benzene rings is 4. The van der Waals surface area contributed by atoms with Crippen molar-refractivity contribution in [3.8, 4) is 11.1 Å². The quantitative estimate of drug-likeness (QED) is 0.256. The van der Waals surface area contributed by atoms with Gasteiger partial charge >= 0.3 is 5.97 Å². The van der Waals surface area contributed by atoms with Gasteiger partial charge in [0.1, 0.15) is 0 Å². The average Bonchev–Trinajstić information content (AvgIpc) is 3.12. The highest BCUT2D eigenvalue weighted by Crippen LogP contribution is 2.40. The Bertz CT molecular complexity index is 1400. The molecule has 0 atom stereocenters. The number of carbonyl (C=O) groups is 1. The highest BCUT2D eigenvalue weighted by Gasteiger charge is 2.16. The number of halogens is 1. The van der Waals surface area contributed by atoms with E-state index in [4.69, 9.17) is 4.74 Å². The highest BCUT2D eigenvalue weighted by atomic mass is 79.9. The summed E-state index contributed by atoms with van der Waals surface area (Å²) in [5.74, 6) is -0.294. The van der Waals surface area contributed by atoms with Crippen LogP contribution in [0.3, 0.4) is 0 Å². The van der Waals surface area contributed by atoms with Crippen molar-refractivity contribution >= 4 is 64.2 Å². The summed E-state index contributed by atoms with van der Waals surface area (Å²) in [6.45, 7) is 2.18. The molecule has 0 unspecified atom stereocenters. The summed E-state index contributed by atoms with van der Waals surface area (Å²) in [4.78, 5) is 12.5. The van der Waals surface area contributed by atoms with Gasteiger partial charge in [0.2, 0.25) is 0 Å². The van der Waals surface area contributed by atoms with Crippen LogP contribution >= 0.6 is 27.3 Å². The minimum atomic E-state index is -0.294. The minimum Gasteiger partial charge on any atom is -0.462 e. The Kier molecular flexibility index (Phi) is 4.61. The molecule has 0 N–H and O–H groups in total. The van der Waals surface area contributed by atoms with Crippen molar-refractivity contribution in [1.29, 1.82) is 0 Å². The SMILES string of the molecule is CCOC(=O)c1ccc(Br)cc1-c1ccc2c(c1)sc1ccc3ccccc3c12. The van der Waals surface area contributed by atoms with Gasteiger partial charge < -0.3 is 4.74 Å². The summed E-state index contributed by atoms with van der Waals surface area (Å²) >= 11 is 5.32. The molecule has 0 aliphatic rings. The summed E-state index contributed by atoms with van der Waals surface area (Å²) in [5, 5.41) is 5.08. The van der Waals surface area contributed by atoms with Crippen LogP contribution < -0.4 is 0 Å². The van der Waals surface area contributed by atoms with Crippen LogP contribution in [0.5, 0.6) is 0 Å². The van der Waals surface area contributed by atoms with Crippen molar-refractivity contribution in [3.63, 3.8) is 0 Å². The second-order valence-corrected chi connectivity index (χ2v) is 8.88. The largest absolute Gasteiger partial charge is 0.462 e. The summed E-state index contributed by atoms with van der Waals surface area (Å²) in [5.41, 5.74) is 2.47. The van der Waals surface area contributed by atoms with Crippen LogP contribution in [0, 0.1) is 0 Å². The molecule has 0 saturated heterocycles. The molecular formula is C25H17BrO2S. The minimum absolute atomic E-state index is 0.294. The first-order valence-corrected chi connectivity index (χ1v) is 11.1. The Balaban J connectivity index is 1.74. The molecule has 5 rings (SSSR count). The number of fused-ring (bicyclic) bond motifs is 5. The summed E-state index contributed by atoms with van der Waals surface area (Å²) < 4.78 is 8.68. The fourth-order valence-corrected chi connectivity index (χ4v) is 5.38. The van der Waals surface area contributed by atoms with Crippen molar-refractivity contribution in [2.24, 2.45) is 0 Å². The second kappa shape index (κ2) is 7.29. The monoisotopic (exact) mass is 460 g/mol. The van der Waals surface area contributed by atoms with Gasteiger partial charge in [-0.2, -0.15) is 0 Å². The molecule has 0 saturated carbocycles. The average molecular weight is 461 g/mol. The number of ether oxygens (including phenoxy) is 1. The molecule has 4 heteroatoms. The molecule has 0 fully saturated rings. The molecule has 0 bridgehead atoms. The second-order valence-electron chi connectivity index (χ2n) is 6.88. The molecule has 142 valence electrons. The van der Waals surface area contributed by atoms with Gasteiger partial charge in [-0.15, -0.1) is 11.3 Å². The smallest absolute Gasteiger partial charge is 0.338 e. The van der Waals surface area contributed by atoms with Crippen molar-refractivity contribution in [2.45, 2.75) is 6.92 Å². The van der Waals surface area contributed by atoms with Gasteiger partial charge in [-0.3, -0.25) is 0 Å². The number of hydrogen-bond donors (Lipinski definition) is 0. The van der Waals surface area contributed by atoms with E-state index < -0.39 is 0 Å². The third-order valence-electron chi connectivity index (χ3n) is 5.15. The molecule has 0 aliphatic carbocycles. The number of thiophene rings is 1. The fraction of sp³-hybridized carbons (Fsp3) is 0.0800. The standard InChI is InChI=1S/C25H17BrO2S/c1-2-28-25(27)19-11-9-17(26)14-21(19)16-7-10-20-23(13-16)29-22-12-8-15-5-3-4-6-18(15)24(20)22/h3-14H,2H2,1H3. The summed E-state index contributed by atoms with van der Waals surface area (Å²) in [7, 11) is 0. The summed E-state index contributed by atoms with van der Waals surface area (Å²) in [6, 6.07) is 25.0. The molecule has 0 radical (unpaired) electrons. The first-order valence-electron chi connectivity index (χ1n) is 9.47. The molecule has 5 aromatic rings. The highest BCUT2D eigenvalue weighted by molar-refractivity contribution is 9.10. The first kappa shape index (κ1) is 18.3. The zero-order chi connectivity index (χ0) is 20.0. The van der Waals surface area contributed by atoms with E-state index in [0.717, 1.165) is 15.6 Å². The molecule has 0 spiro atoms. The van der Waals surface area contributed by atoms with E-state index >= 15 is 0 Å². The van der Waals surface area contributed by atoms with Crippen LogP contribution in [0.25, 0.3) is 42.1 Å². The van der Waals surface area contributed by atoms with Gasteiger partial charge in [-0.25, -0.2) is 4.79 Å². The maximum atomic E-state index is 12.5. The first-order chi connectivity index (χ1) is 14.2. The van der Waals surface area contributed by atoms with Gasteiger partial charge in [-0.05, 0) is 59.2 Å². The van der Waals surface area contributed by atoms with Crippen molar-refractivity contribution in [1.82, 2.24) is 0 Å². The van der Waals surface area contributed by atoms with Crippen molar-refractivity contribution in [2.75, 3.05) is 6.61 Å². The topological polar surface area (TPSA) is 26.3 Å².